The van der Waals surface area contributed by atoms with Gasteiger partial charge >= 0.3 is 6.61 Å². The van der Waals surface area contributed by atoms with Crippen molar-refractivity contribution in [2.45, 2.75) is 20.1 Å². The van der Waals surface area contributed by atoms with Crippen LogP contribution in [0.1, 0.15) is 21.7 Å². The SMILES string of the molecule is Cc1c(C(=O)N(C)Cc2cccc(OC(F)F)c2)nnn1-c1cccc([N+](=O)[O-])c1. The van der Waals surface area contributed by atoms with E-state index >= 15 is 0 Å². The fourth-order valence-corrected chi connectivity index (χ4v) is 2.86. The van der Waals surface area contributed by atoms with Crippen molar-refractivity contribution < 1.29 is 23.2 Å². The second kappa shape index (κ2) is 8.64. The molecule has 0 unspecified atom stereocenters. The standard InChI is InChI=1S/C19H17F2N5O4/c1-12-17(22-23-25(12)14-6-4-7-15(10-14)26(28)29)18(27)24(2)11-13-5-3-8-16(9-13)30-19(20)21/h3-10,19H,11H2,1-2H3. The minimum atomic E-state index is -2.94. The number of rotatable bonds is 7. The summed E-state index contributed by atoms with van der Waals surface area (Å²) in [6.07, 6.45) is 0. The Labute approximate surface area is 169 Å². The fourth-order valence-electron chi connectivity index (χ4n) is 2.86. The largest absolute Gasteiger partial charge is 0.435 e. The number of halogens is 2. The number of aromatic nitrogens is 3. The van der Waals surface area contributed by atoms with E-state index in [1.54, 1.807) is 25.1 Å². The third kappa shape index (κ3) is 4.57. The van der Waals surface area contributed by atoms with Crippen LogP contribution in [0, 0.1) is 17.0 Å². The van der Waals surface area contributed by atoms with Crippen molar-refractivity contribution in [1.29, 1.82) is 0 Å². The molecule has 0 saturated carbocycles. The number of alkyl halides is 2. The third-order valence-electron chi connectivity index (χ3n) is 4.27. The molecule has 0 bridgehead atoms. The van der Waals surface area contributed by atoms with E-state index in [0.717, 1.165) is 0 Å². The highest BCUT2D eigenvalue weighted by atomic mass is 19.3. The smallest absolute Gasteiger partial charge is 0.387 e. The highest BCUT2D eigenvalue weighted by molar-refractivity contribution is 5.93. The van der Waals surface area contributed by atoms with Gasteiger partial charge in [0.1, 0.15) is 5.75 Å². The first kappa shape index (κ1) is 20.8. The highest BCUT2D eigenvalue weighted by Crippen LogP contribution is 2.20. The number of hydrogen-bond donors (Lipinski definition) is 0. The maximum absolute atomic E-state index is 12.8. The molecule has 3 aromatic rings. The van der Waals surface area contributed by atoms with Gasteiger partial charge in [-0.3, -0.25) is 14.9 Å². The lowest BCUT2D eigenvalue weighted by Crippen LogP contribution is -2.27. The topological polar surface area (TPSA) is 103 Å². The van der Waals surface area contributed by atoms with Gasteiger partial charge in [-0.2, -0.15) is 8.78 Å². The Hall–Kier alpha value is -3.89. The number of carbonyl (C=O) groups excluding carboxylic acids is 1. The molecule has 0 atom stereocenters. The van der Waals surface area contributed by atoms with Gasteiger partial charge in [0.15, 0.2) is 5.69 Å². The molecule has 0 aliphatic carbocycles. The van der Waals surface area contributed by atoms with Gasteiger partial charge in [-0.25, -0.2) is 4.68 Å². The molecule has 0 aliphatic heterocycles. The first-order valence-corrected chi connectivity index (χ1v) is 8.72. The van der Waals surface area contributed by atoms with Crippen LogP contribution in [0.15, 0.2) is 48.5 Å². The average molecular weight is 417 g/mol. The van der Waals surface area contributed by atoms with E-state index in [9.17, 15) is 23.7 Å². The number of nitro benzene ring substituents is 1. The van der Waals surface area contributed by atoms with E-state index < -0.39 is 17.4 Å². The van der Waals surface area contributed by atoms with E-state index in [-0.39, 0.29) is 23.7 Å². The molecule has 0 saturated heterocycles. The maximum Gasteiger partial charge on any atom is 0.387 e. The zero-order valence-electron chi connectivity index (χ0n) is 16.0. The molecule has 0 radical (unpaired) electrons. The Morgan fingerprint density at radius 3 is 2.70 bits per heavy atom. The summed E-state index contributed by atoms with van der Waals surface area (Å²) >= 11 is 0. The van der Waals surface area contributed by atoms with Gasteiger partial charge in [-0.1, -0.05) is 23.4 Å². The first-order chi connectivity index (χ1) is 14.3. The molecule has 3 rings (SSSR count). The molecule has 1 heterocycles. The number of hydrogen-bond acceptors (Lipinski definition) is 6. The van der Waals surface area contributed by atoms with Crippen LogP contribution in [0.25, 0.3) is 5.69 Å². The van der Waals surface area contributed by atoms with Gasteiger partial charge in [-0.05, 0) is 30.7 Å². The molecule has 0 spiro atoms. The second-order valence-corrected chi connectivity index (χ2v) is 6.40. The Morgan fingerprint density at radius 2 is 2.00 bits per heavy atom. The fraction of sp³-hybridized carbons (Fsp3) is 0.211. The number of ether oxygens (including phenoxy) is 1. The van der Waals surface area contributed by atoms with Crippen molar-refractivity contribution >= 4 is 11.6 Å². The first-order valence-electron chi connectivity index (χ1n) is 8.72. The van der Waals surface area contributed by atoms with Crippen LogP contribution in [0.2, 0.25) is 0 Å². The molecule has 9 nitrogen and oxygen atoms in total. The summed E-state index contributed by atoms with van der Waals surface area (Å²) in [6, 6.07) is 11.8. The van der Waals surface area contributed by atoms with Gasteiger partial charge in [0.2, 0.25) is 0 Å². The zero-order chi connectivity index (χ0) is 21.8. The lowest BCUT2D eigenvalue weighted by atomic mass is 10.2. The lowest BCUT2D eigenvalue weighted by Gasteiger charge is -2.17. The molecule has 0 fully saturated rings. The van der Waals surface area contributed by atoms with Crippen LogP contribution in [-0.4, -0.2) is 44.4 Å². The van der Waals surface area contributed by atoms with E-state index in [1.807, 2.05) is 0 Å². The molecule has 2 aromatic carbocycles. The highest BCUT2D eigenvalue weighted by Gasteiger charge is 2.22. The van der Waals surface area contributed by atoms with Crippen molar-refractivity contribution in [3.8, 4) is 11.4 Å². The minimum absolute atomic E-state index is 0.00357. The Balaban J connectivity index is 1.79. The van der Waals surface area contributed by atoms with Crippen molar-refractivity contribution in [2.24, 2.45) is 0 Å². The number of benzene rings is 2. The minimum Gasteiger partial charge on any atom is -0.435 e. The molecular weight excluding hydrogens is 400 g/mol. The molecule has 0 N–H and O–H groups in total. The van der Waals surface area contributed by atoms with Crippen LogP contribution in [0.4, 0.5) is 14.5 Å². The van der Waals surface area contributed by atoms with Crippen molar-refractivity contribution in [1.82, 2.24) is 19.9 Å². The monoisotopic (exact) mass is 417 g/mol. The van der Waals surface area contributed by atoms with Crippen molar-refractivity contribution in [2.75, 3.05) is 7.05 Å². The molecule has 30 heavy (non-hydrogen) atoms. The van der Waals surface area contributed by atoms with E-state index in [2.05, 4.69) is 15.0 Å². The van der Waals surface area contributed by atoms with Crippen LogP contribution < -0.4 is 4.74 Å². The molecular formula is C19H17F2N5O4. The van der Waals surface area contributed by atoms with Gasteiger partial charge < -0.3 is 9.64 Å². The van der Waals surface area contributed by atoms with Crippen LogP contribution in [0.3, 0.4) is 0 Å². The quantitative estimate of drug-likeness (QED) is 0.431. The summed E-state index contributed by atoms with van der Waals surface area (Å²) in [7, 11) is 1.54. The van der Waals surface area contributed by atoms with Gasteiger partial charge in [0.25, 0.3) is 11.6 Å². The van der Waals surface area contributed by atoms with E-state index in [1.165, 1.54) is 47.0 Å². The van der Waals surface area contributed by atoms with Crippen molar-refractivity contribution in [3.63, 3.8) is 0 Å². The molecule has 1 amide bonds. The number of carbonyl (C=O) groups is 1. The van der Waals surface area contributed by atoms with E-state index in [4.69, 9.17) is 0 Å². The lowest BCUT2D eigenvalue weighted by molar-refractivity contribution is -0.384. The Morgan fingerprint density at radius 1 is 1.27 bits per heavy atom. The summed E-state index contributed by atoms with van der Waals surface area (Å²) in [5.74, 6) is -0.444. The maximum atomic E-state index is 12.8. The predicted molar refractivity (Wildman–Crippen MR) is 102 cm³/mol. The Bertz CT molecular complexity index is 1090. The van der Waals surface area contributed by atoms with Crippen LogP contribution in [-0.2, 0) is 6.54 Å². The van der Waals surface area contributed by atoms with Gasteiger partial charge in [-0.15, -0.1) is 5.10 Å². The van der Waals surface area contributed by atoms with Crippen LogP contribution >= 0.6 is 0 Å². The molecule has 156 valence electrons. The molecule has 0 aliphatic rings. The average Bonchev–Trinajstić information content (AvgIpc) is 3.08. The van der Waals surface area contributed by atoms with E-state index in [0.29, 0.717) is 16.9 Å². The van der Waals surface area contributed by atoms with Crippen LogP contribution in [0.5, 0.6) is 5.75 Å². The molecule has 1 aromatic heterocycles. The number of nitrogens with zero attached hydrogens (tertiary/aromatic N) is 5. The summed E-state index contributed by atoms with van der Waals surface area (Å²) in [6.45, 7) is -1.19. The number of nitro groups is 1. The normalized spacial score (nSPS) is 10.8. The van der Waals surface area contributed by atoms with Gasteiger partial charge in [0, 0.05) is 25.7 Å². The summed E-state index contributed by atoms with van der Waals surface area (Å²) in [4.78, 5) is 24.6. The molecule has 11 heteroatoms. The second-order valence-electron chi connectivity index (χ2n) is 6.40. The Kier molecular flexibility index (Phi) is 6.00. The summed E-state index contributed by atoms with van der Waals surface area (Å²) in [5, 5.41) is 18.8. The zero-order valence-corrected chi connectivity index (χ0v) is 16.0. The van der Waals surface area contributed by atoms with Crippen molar-refractivity contribution in [3.05, 3.63) is 75.6 Å². The third-order valence-corrected chi connectivity index (χ3v) is 4.27. The van der Waals surface area contributed by atoms with Gasteiger partial charge in [0.05, 0.1) is 16.3 Å². The number of non-ortho nitro benzene ring substituents is 1. The summed E-state index contributed by atoms with van der Waals surface area (Å²) < 4.78 is 30.5. The predicted octanol–water partition coefficient (Wildman–Crippen LogP) is 3.36. The summed E-state index contributed by atoms with van der Waals surface area (Å²) in [5.41, 5.74) is 1.35. The number of amides is 1.